The summed E-state index contributed by atoms with van der Waals surface area (Å²) in [6.45, 7) is 2.76. The summed E-state index contributed by atoms with van der Waals surface area (Å²) in [5, 5.41) is 0. The largest absolute Gasteiger partial charge is 0.433 e. The van der Waals surface area contributed by atoms with Gasteiger partial charge in [-0.15, -0.1) is 0 Å². The lowest BCUT2D eigenvalue weighted by Gasteiger charge is -2.24. The van der Waals surface area contributed by atoms with Crippen LogP contribution in [0.1, 0.15) is 31.0 Å². The van der Waals surface area contributed by atoms with E-state index in [1.807, 2.05) is 11.8 Å². The third kappa shape index (κ3) is 2.58. The van der Waals surface area contributed by atoms with Crippen molar-refractivity contribution in [2.75, 3.05) is 11.4 Å². The van der Waals surface area contributed by atoms with Crippen LogP contribution in [0.3, 0.4) is 0 Å². The molecule has 3 nitrogen and oxygen atoms in total. The summed E-state index contributed by atoms with van der Waals surface area (Å²) < 4.78 is 38.0. The molecule has 2 rings (SSSR count). The zero-order valence-electron chi connectivity index (χ0n) is 10.2. The summed E-state index contributed by atoms with van der Waals surface area (Å²) >= 11 is 0. The fourth-order valence-electron chi connectivity index (χ4n) is 2.01. The molecule has 0 aliphatic heterocycles. The van der Waals surface area contributed by atoms with Gasteiger partial charge in [0, 0.05) is 24.7 Å². The zero-order chi connectivity index (χ0) is 13.3. The second-order valence-electron chi connectivity index (χ2n) is 4.40. The molecule has 18 heavy (non-hydrogen) atoms. The number of aromatic nitrogens is 1. The van der Waals surface area contributed by atoms with Crippen LogP contribution in [-0.4, -0.2) is 17.6 Å². The van der Waals surface area contributed by atoms with Gasteiger partial charge in [0.25, 0.3) is 0 Å². The Kier molecular flexibility index (Phi) is 3.47. The van der Waals surface area contributed by atoms with Crippen LogP contribution in [-0.2, 0) is 12.7 Å². The molecule has 100 valence electrons. The lowest BCUT2D eigenvalue weighted by molar-refractivity contribution is -0.141. The standard InChI is InChI=1S/C12H16F3N3/c1-2-18(9-4-5-9)11-8(7-16)3-6-10(17-11)12(13,14)15/h3,6,9H,2,4-5,7,16H2,1H3. The summed E-state index contributed by atoms with van der Waals surface area (Å²) in [6, 6.07) is 2.74. The second-order valence-corrected chi connectivity index (χ2v) is 4.40. The molecule has 6 heteroatoms. The van der Waals surface area contributed by atoms with E-state index in [-0.39, 0.29) is 6.54 Å². The number of pyridine rings is 1. The molecule has 1 fully saturated rings. The summed E-state index contributed by atoms with van der Waals surface area (Å²) in [5.74, 6) is 0.386. The monoisotopic (exact) mass is 259 g/mol. The summed E-state index contributed by atoms with van der Waals surface area (Å²) in [5.41, 5.74) is 5.39. The van der Waals surface area contributed by atoms with E-state index in [1.54, 1.807) is 0 Å². The lowest BCUT2D eigenvalue weighted by atomic mass is 10.2. The van der Waals surface area contributed by atoms with Gasteiger partial charge < -0.3 is 10.6 Å². The van der Waals surface area contributed by atoms with Crippen LogP contribution in [0.5, 0.6) is 0 Å². The Balaban J connectivity index is 2.41. The molecule has 0 atom stereocenters. The van der Waals surface area contributed by atoms with Gasteiger partial charge in [0.2, 0.25) is 0 Å². The molecular formula is C12H16F3N3. The Labute approximate surface area is 104 Å². The average molecular weight is 259 g/mol. The maximum Gasteiger partial charge on any atom is 0.433 e. The van der Waals surface area contributed by atoms with E-state index in [9.17, 15) is 13.2 Å². The Morgan fingerprint density at radius 1 is 1.39 bits per heavy atom. The highest BCUT2D eigenvalue weighted by atomic mass is 19.4. The van der Waals surface area contributed by atoms with Gasteiger partial charge >= 0.3 is 6.18 Å². The molecule has 1 aliphatic rings. The highest BCUT2D eigenvalue weighted by Crippen LogP contribution is 2.35. The van der Waals surface area contributed by atoms with E-state index in [4.69, 9.17) is 5.73 Å². The Morgan fingerprint density at radius 2 is 2.06 bits per heavy atom. The molecule has 0 spiro atoms. The molecule has 1 heterocycles. The number of hydrogen-bond donors (Lipinski definition) is 1. The van der Waals surface area contributed by atoms with Crippen molar-refractivity contribution in [3.8, 4) is 0 Å². The van der Waals surface area contributed by atoms with Gasteiger partial charge in [0.05, 0.1) is 0 Å². The van der Waals surface area contributed by atoms with Crippen LogP contribution < -0.4 is 10.6 Å². The third-order valence-corrected chi connectivity index (χ3v) is 3.07. The molecular weight excluding hydrogens is 243 g/mol. The maximum atomic E-state index is 12.7. The van der Waals surface area contributed by atoms with Crippen LogP contribution in [0.4, 0.5) is 19.0 Å². The summed E-state index contributed by atoms with van der Waals surface area (Å²) in [7, 11) is 0. The quantitative estimate of drug-likeness (QED) is 0.903. The van der Waals surface area contributed by atoms with Crippen molar-refractivity contribution < 1.29 is 13.2 Å². The molecule has 0 saturated heterocycles. The highest BCUT2D eigenvalue weighted by molar-refractivity contribution is 5.50. The molecule has 0 radical (unpaired) electrons. The van der Waals surface area contributed by atoms with Crippen LogP contribution >= 0.6 is 0 Å². The van der Waals surface area contributed by atoms with Crippen molar-refractivity contribution in [3.05, 3.63) is 23.4 Å². The normalized spacial score (nSPS) is 15.8. The molecule has 1 saturated carbocycles. The predicted octanol–water partition coefficient (Wildman–Crippen LogP) is 2.55. The minimum Gasteiger partial charge on any atom is -0.354 e. The van der Waals surface area contributed by atoms with Gasteiger partial charge in [-0.25, -0.2) is 4.98 Å². The number of nitrogens with two attached hydrogens (primary N) is 1. The van der Waals surface area contributed by atoms with Crippen molar-refractivity contribution in [3.63, 3.8) is 0 Å². The Bertz CT molecular complexity index is 427. The smallest absolute Gasteiger partial charge is 0.354 e. The van der Waals surface area contributed by atoms with Gasteiger partial charge in [0.1, 0.15) is 11.5 Å². The summed E-state index contributed by atoms with van der Waals surface area (Å²) in [4.78, 5) is 5.68. The minimum absolute atomic E-state index is 0.198. The molecule has 1 aliphatic carbocycles. The molecule has 0 aromatic carbocycles. The van der Waals surface area contributed by atoms with Crippen LogP contribution in [0.25, 0.3) is 0 Å². The third-order valence-electron chi connectivity index (χ3n) is 3.07. The van der Waals surface area contributed by atoms with E-state index in [1.165, 1.54) is 6.07 Å². The first-order valence-electron chi connectivity index (χ1n) is 6.01. The summed E-state index contributed by atoms with van der Waals surface area (Å²) in [6.07, 6.45) is -2.39. The van der Waals surface area contributed by atoms with Gasteiger partial charge in [-0.1, -0.05) is 6.07 Å². The number of hydrogen-bond acceptors (Lipinski definition) is 3. The molecule has 2 N–H and O–H groups in total. The van der Waals surface area contributed by atoms with Crippen molar-refractivity contribution in [1.29, 1.82) is 0 Å². The Hall–Kier alpha value is -1.30. The van der Waals surface area contributed by atoms with E-state index in [2.05, 4.69) is 4.98 Å². The van der Waals surface area contributed by atoms with Crippen LogP contribution in [0.15, 0.2) is 12.1 Å². The number of alkyl halides is 3. The molecule has 1 aromatic rings. The van der Waals surface area contributed by atoms with E-state index < -0.39 is 11.9 Å². The van der Waals surface area contributed by atoms with Crippen molar-refractivity contribution >= 4 is 5.82 Å². The zero-order valence-corrected chi connectivity index (χ0v) is 10.2. The van der Waals surface area contributed by atoms with E-state index >= 15 is 0 Å². The molecule has 1 aromatic heterocycles. The van der Waals surface area contributed by atoms with E-state index in [0.29, 0.717) is 24.0 Å². The van der Waals surface area contributed by atoms with Crippen molar-refractivity contribution in [2.24, 2.45) is 5.73 Å². The first kappa shape index (κ1) is 13.1. The molecule has 0 bridgehead atoms. The first-order chi connectivity index (χ1) is 8.47. The fraction of sp³-hybridized carbons (Fsp3) is 0.583. The molecule has 0 unspecified atom stereocenters. The van der Waals surface area contributed by atoms with E-state index in [0.717, 1.165) is 18.9 Å². The maximum absolute atomic E-state index is 12.7. The fourth-order valence-corrected chi connectivity index (χ4v) is 2.01. The number of anilines is 1. The topological polar surface area (TPSA) is 42.2 Å². The second kappa shape index (κ2) is 4.76. The van der Waals surface area contributed by atoms with Gasteiger partial charge in [-0.05, 0) is 25.8 Å². The SMILES string of the molecule is CCN(c1nc(C(F)(F)F)ccc1CN)C1CC1. The van der Waals surface area contributed by atoms with Crippen molar-refractivity contribution in [1.82, 2.24) is 4.98 Å². The Morgan fingerprint density at radius 3 is 2.50 bits per heavy atom. The first-order valence-corrected chi connectivity index (χ1v) is 6.01. The van der Waals surface area contributed by atoms with Gasteiger partial charge in [-0.2, -0.15) is 13.2 Å². The number of nitrogens with zero attached hydrogens (tertiary/aromatic N) is 2. The minimum atomic E-state index is -4.41. The highest BCUT2D eigenvalue weighted by Gasteiger charge is 2.35. The molecule has 0 amide bonds. The van der Waals surface area contributed by atoms with Crippen LogP contribution in [0, 0.1) is 0 Å². The number of rotatable bonds is 4. The van der Waals surface area contributed by atoms with Gasteiger partial charge in [0.15, 0.2) is 0 Å². The lowest BCUT2D eigenvalue weighted by Crippen LogP contribution is -2.28. The average Bonchev–Trinajstić information content (AvgIpc) is 3.13. The predicted molar refractivity (Wildman–Crippen MR) is 63.2 cm³/mol. The number of halogens is 3. The van der Waals surface area contributed by atoms with Crippen molar-refractivity contribution in [2.45, 2.75) is 38.5 Å². The van der Waals surface area contributed by atoms with Crippen LogP contribution in [0.2, 0.25) is 0 Å². The van der Waals surface area contributed by atoms with Gasteiger partial charge in [-0.3, -0.25) is 0 Å².